The van der Waals surface area contributed by atoms with Gasteiger partial charge in [-0.1, -0.05) is 35.9 Å². The van der Waals surface area contributed by atoms with E-state index in [2.05, 4.69) is 53.2 Å². The van der Waals surface area contributed by atoms with Crippen LogP contribution in [0.25, 0.3) is 0 Å². The molecule has 5 heterocycles. The van der Waals surface area contributed by atoms with Crippen LogP contribution in [0.15, 0.2) is 66.9 Å². The molecule has 4 aromatic rings. The van der Waals surface area contributed by atoms with Gasteiger partial charge in [-0.2, -0.15) is 9.97 Å². The summed E-state index contributed by atoms with van der Waals surface area (Å²) in [4.78, 5) is 56.9. The van der Waals surface area contributed by atoms with Crippen molar-refractivity contribution >= 4 is 76.4 Å². The number of nitrogens with one attached hydrogen (secondary N) is 4. The fraction of sp³-hybridized carbons (Fsp3) is 0.400. The summed E-state index contributed by atoms with van der Waals surface area (Å²) < 4.78 is 18.5. The second-order valence-corrected chi connectivity index (χ2v) is 18.5. The quantitative estimate of drug-likeness (QED) is 0.111. The number of halogens is 1. The molecule has 0 radical (unpaired) electrons. The van der Waals surface area contributed by atoms with Gasteiger partial charge in [0.15, 0.2) is 5.82 Å². The number of piperidine rings is 2. The minimum atomic E-state index is -2.56. The highest BCUT2D eigenvalue weighted by Gasteiger charge is 2.29. The van der Waals surface area contributed by atoms with Gasteiger partial charge in [-0.05, 0) is 93.6 Å². The van der Waals surface area contributed by atoms with Crippen molar-refractivity contribution in [2.45, 2.75) is 37.6 Å². The van der Waals surface area contributed by atoms with Crippen LogP contribution in [0.1, 0.15) is 37.2 Å². The molecule has 3 aliphatic heterocycles. The first kappa shape index (κ1) is 40.0. The summed E-state index contributed by atoms with van der Waals surface area (Å²) in [5.74, 6) is 1.79. The van der Waals surface area contributed by atoms with Gasteiger partial charge in [0.1, 0.15) is 29.7 Å². The Balaban J connectivity index is 0.880. The van der Waals surface area contributed by atoms with Crippen LogP contribution in [0.5, 0.6) is 5.88 Å². The van der Waals surface area contributed by atoms with Crippen molar-refractivity contribution in [3.63, 3.8) is 0 Å². The van der Waals surface area contributed by atoms with Gasteiger partial charge >= 0.3 is 0 Å². The number of carbonyl (C=O) groups excluding carboxylic acids is 3. The van der Waals surface area contributed by atoms with Crippen LogP contribution in [0.3, 0.4) is 0 Å². The van der Waals surface area contributed by atoms with Crippen molar-refractivity contribution in [1.29, 1.82) is 0 Å². The molecule has 2 aromatic heterocycles. The highest BCUT2D eigenvalue weighted by atomic mass is 35.5. The summed E-state index contributed by atoms with van der Waals surface area (Å²) >= 11 is 6.45. The summed E-state index contributed by atoms with van der Waals surface area (Å²) in [6.07, 6.45) is 4.26. The maximum absolute atomic E-state index is 13.4. The molecule has 0 spiro atoms. The Morgan fingerprint density at radius 3 is 2.35 bits per heavy atom. The minimum absolute atomic E-state index is 0.140. The predicted octanol–water partition coefficient (Wildman–Crippen LogP) is 5.01. The van der Waals surface area contributed by atoms with Gasteiger partial charge in [-0.3, -0.25) is 24.6 Å². The van der Waals surface area contributed by atoms with Crippen molar-refractivity contribution in [3.05, 3.63) is 77.4 Å². The molecule has 1 unspecified atom stereocenters. The van der Waals surface area contributed by atoms with Crippen LogP contribution in [0, 0.1) is 0 Å². The first-order valence-electron chi connectivity index (χ1n) is 19.1. The van der Waals surface area contributed by atoms with Gasteiger partial charge in [-0.15, -0.1) is 0 Å². The Bertz CT molecular complexity index is 2150. The molecule has 57 heavy (non-hydrogen) atoms. The smallest absolute Gasteiger partial charge is 0.249 e. The lowest BCUT2D eigenvalue weighted by molar-refractivity contribution is -0.134. The Morgan fingerprint density at radius 2 is 1.65 bits per heavy atom. The van der Waals surface area contributed by atoms with E-state index in [0.717, 1.165) is 37.4 Å². The Morgan fingerprint density at radius 1 is 0.912 bits per heavy atom. The zero-order valence-corrected chi connectivity index (χ0v) is 34.0. The number of pyridine rings is 1. The monoisotopic (exact) mass is 814 g/mol. The number of piperazine rings is 1. The van der Waals surface area contributed by atoms with E-state index in [1.165, 1.54) is 11.8 Å². The number of benzene rings is 2. The molecule has 3 fully saturated rings. The van der Waals surface area contributed by atoms with E-state index in [-0.39, 0.29) is 23.7 Å². The topological polar surface area (TPSA) is 174 Å². The number of hydrogen-bond acceptors (Lipinski definition) is 13. The van der Waals surface area contributed by atoms with E-state index >= 15 is 0 Å². The lowest BCUT2D eigenvalue weighted by atomic mass is 9.89. The Labute approximate surface area is 337 Å². The third-order valence-electron chi connectivity index (χ3n) is 10.6. The molecule has 7 rings (SSSR count). The van der Waals surface area contributed by atoms with E-state index in [0.29, 0.717) is 84.9 Å². The lowest BCUT2D eigenvalue weighted by Gasteiger charge is -2.37. The van der Waals surface area contributed by atoms with Crippen LogP contribution in [-0.2, 0) is 18.9 Å². The zero-order valence-electron chi connectivity index (χ0n) is 32.3. The van der Waals surface area contributed by atoms with Gasteiger partial charge in [0.2, 0.25) is 29.5 Å². The molecule has 300 valence electrons. The van der Waals surface area contributed by atoms with Crippen molar-refractivity contribution < 1.29 is 23.7 Å². The molecule has 15 nitrogen and oxygen atoms in total. The van der Waals surface area contributed by atoms with Crippen molar-refractivity contribution in [2.75, 3.05) is 87.1 Å². The molecule has 3 aliphatic rings. The van der Waals surface area contributed by atoms with Crippen molar-refractivity contribution in [3.8, 4) is 5.88 Å². The van der Waals surface area contributed by atoms with Crippen LogP contribution in [0.2, 0.25) is 5.02 Å². The summed E-state index contributed by atoms with van der Waals surface area (Å²) in [6.45, 7) is 8.02. The predicted molar refractivity (Wildman–Crippen MR) is 223 cm³/mol. The highest BCUT2D eigenvalue weighted by molar-refractivity contribution is 7.70. The number of ether oxygens (including phenoxy) is 1. The summed E-state index contributed by atoms with van der Waals surface area (Å²) in [5, 5.41) is 13.0. The van der Waals surface area contributed by atoms with Gasteiger partial charge in [-0.25, -0.2) is 4.98 Å². The summed E-state index contributed by atoms with van der Waals surface area (Å²) in [6, 6.07) is 18.9. The van der Waals surface area contributed by atoms with Crippen molar-refractivity contribution in [1.82, 2.24) is 30.1 Å². The largest absolute Gasteiger partial charge is 0.479 e. The maximum Gasteiger partial charge on any atom is 0.249 e. The number of anilines is 6. The standard InChI is InChI=1S/C40H48ClN10O5P/c1-56-39-32(45-40-42-24-29(41)37(48-40)44-30-6-4-5-7-33(30)57(2,3)55)12-14-34(46-39)50-20-22-51(23-21-50)36(53)25-49-18-16-27(17-19-49)26-8-10-28(11-9-26)43-31-13-15-35(52)47-38(31)54/h4-12,14,24,27,31,43H,13,15-23,25H2,1-3H3,(H,47,52,54)(H2,42,44,45,48). The van der Waals surface area contributed by atoms with Crippen LogP contribution < -0.4 is 36.2 Å². The Hall–Kier alpha value is -5.24. The highest BCUT2D eigenvalue weighted by Crippen LogP contribution is 2.39. The zero-order chi connectivity index (χ0) is 40.1. The number of hydrogen-bond donors (Lipinski definition) is 4. The Kier molecular flexibility index (Phi) is 12.3. The number of nitrogens with zero attached hydrogens (tertiary/aromatic N) is 6. The van der Waals surface area contributed by atoms with Gasteiger partial charge < -0.3 is 35.1 Å². The van der Waals surface area contributed by atoms with Gasteiger partial charge in [0, 0.05) is 43.6 Å². The van der Waals surface area contributed by atoms with Crippen LogP contribution in [-0.4, -0.2) is 115 Å². The molecule has 3 saturated heterocycles. The first-order chi connectivity index (χ1) is 27.4. The van der Waals surface area contributed by atoms with E-state index in [1.807, 2.05) is 53.4 Å². The fourth-order valence-corrected chi connectivity index (χ4v) is 8.75. The maximum atomic E-state index is 13.4. The normalized spacial score (nSPS) is 18.2. The average Bonchev–Trinajstić information content (AvgIpc) is 3.21. The van der Waals surface area contributed by atoms with E-state index in [1.54, 1.807) is 20.4 Å². The SMILES string of the molecule is COc1nc(N2CCN(C(=O)CN3CCC(c4ccc(NC5CCC(=O)NC5=O)cc4)CC3)CC2)ccc1Nc1ncc(Cl)c(Nc2ccccc2P(C)(C)=O)n1. The lowest BCUT2D eigenvalue weighted by Crippen LogP contribution is -2.52. The second kappa shape index (κ2) is 17.5. The van der Waals surface area contributed by atoms with Crippen LogP contribution in [0.4, 0.5) is 34.6 Å². The molecule has 0 aliphatic carbocycles. The van der Waals surface area contributed by atoms with E-state index < -0.39 is 13.2 Å². The molecular formula is C40H48ClN10O5P. The summed E-state index contributed by atoms with van der Waals surface area (Å²) in [7, 11) is -1.01. The number of para-hydroxylation sites is 1. The molecule has 1 atom stereocenters. The number of likely N-dealkylation sites (tertiary alicyclic amines) is 1. The fourth-order valence-electron chi connectivity index (χ4n) is 7.45. The number of aromatic nitrogens is 3. The van der Waals surface area contributed by atoms with E-state index in [9.17, 15) is 18.9 Å². The molecule has 0 saturated carbocycles. The minimum Gasteiger partial charge on any atom is -0.479 e. The number of carbonyl (C=O) groups is 3. The van der Waals surface area contributed by atoms with E-state index in [4.69, 9.17) is 21.3 Å². The third-order valence-corrected chi connectivity index (χ3v) is 12.5. The third kappa shape index (κ3) is 9.84. The molecule has 4 N–H and O–H groups in total. The van der Waals surface area contributed by atoms with Crippen molar-refractivity contribution in [2.24, 2.45) is 0 Å². The molecule has 17 heteroatoms. The van der Waals surface area contributed by atoms with Gasteiger partial charge in [0.05, 0.1) is 25.5 Å². The second-order valence-electron chi connectivity index (χ2n) is 14.9. The molecule has 0 bridgehead atoms. The number of imide groups is 1. The molecule has 3 amide bonds. The van der Waals surface area contributed by atoms with Gasteiger partial charge in [0.25, 0.3) is 0 Å². The molecular weight excluding hydrogens is 767 g/mol. The van der Waals surface area contributed by atoms with Crippen LogP contribution >= 0.6 is 18.7 Å². The number of amides is 3. The first-order valence-corrected chi connectivity index (χ1v) is 22.1. The number of methoxy groups -OCH3 is 1. The summed E-state index contributed by atoms with van der Waals surface area (Å²) in [5.41, 5.74) is 3.34. The molecule has 2 aromatic carbocycles. The number of rotatable bonds is 12. The average molecular weight is 815 g/mol.